The molecule has 3 rings (SSSR count). The first kappa shape index (κ1) is 15.7. The van der Waals surface area contributed by atoms with E-state index in [0.29, 0.717) is 15.8 Å². The molecule has 0 radical (unpaired) electrons. The summed E-state index contributed by atoms with van der Waals surface area (Å²) in [4.78, 5) is 18.8. The predicted molar refractivity (Wildman–Crippen MR) is 95.9 cm³/mol. The lowest BCUT2D eigenvalue weighted by Gasteiger charge is -2.14. The van der Waals surface area contributed by atoms with E-state index in [4.69, 9.17) is 17.0 Å². The molecule has 0 spiro atoms. The van der Waals surface area contributed by atoms with Gasteiger partial charge in [0.15, 0.2) is 0 Å². The molecule has 2 aromatic rings. The highest BCUT2D eigenvalue weighted by atomic mass is 32.2. The van der Waals surface area contributed by atoms with Crippen LogP contribution in [-0.4, -0.2) is 27.2 Å². The Morgan fingerprint density at radius 2 is 1.91 bits per heavy atom. The summed E-state index contributed by atoms with van der Waals surface area (Å²) in [5, 5.41) is 0. The molecular weight excluding hydrogens is 328 g/mol. The summed E-state index contributed by atoms with van der Waals surface area (Å²) in [6, 6.07) is 11.3. The average Bonchev–Trinajstić information content (AvgIpc) is 2.84. The predicted octanol–water partition coefficient (Wildman–Crippen LogP) is 3.49. The number of methoxy groups -OCH3 is 1. The summed E-state index contributed by atoms with van der Waals surface area (Å²) in [7, 11) is 1.62. The van der Waals surface area contributed by atoms with Crippen LogP contribution in [0.15, 0.2) is 53.7 Å². The molecule has 1 fully saturated rings. The second kappa shape index (κ2) is 6.93. The second-order valence-electron chi connectivity index (χ2n) is 4.90. The van der Waals surface area contributed by atoms with Crippen molar-refractivity contribution in [3.8, 4) is 5.75 Å². The molecular formula is C17H14N2O2S2. The van der Waals surface area contributed by atoms with Gasteiger partial charge in [0, 0.05) is 12.4 Å². The Labute approximate surface area is 144 Å². The quantitative estimate of drug-likeness (QED) is 0.628. The van der Waals surface area contributed by atoms with Crippen molar-refractivity contribution < 1.29 is 9.53 Å². The van der Waals surface area contributed by atoms with E-state index < -0.39 is 0 Å². The van der Waals surface area contributed by atoms with Gasteiger partial charge in [-0.2, -0.15) is 0 Å². The van der Waals surface area contributed by atoms with Crippen LogP contribution in [0.2, 0.25) is 0 Å². The summed E-state index contributed by atoms with van der Waals surface area (Å²) >= 11 is 6.67. The number of thioether (sulfide) groups is 1. The van der Waals surface area contributed by atoms with Gasteiger partial charge in [0.05, 0.1) is 18.6 Å². The van der Waals surface area contributed by atoms with Gasteiger partial charge < -0.3 is 4.74 Å². The lowest BCUT2D eigenvalue weighted by atomic mass is 10.2. The minimum atomic E-state index is -0.0624. The van der Waals surface area contributed by atoms with Crippen molar-refractivity contribution in [2.75, 3.05) is 7.11 Å². The molecule has 1 aromatic heterocycles. The number of amides is 1. The van der Waals surface area contributed by atoms with Crippen molar-refractivity contribution in [1.29, 1.82) is 0 Å². The SMILES string of the molecule is COc1ccc(/C=C2\SC(=S)N(Cc3ccncc3)C2=O)cc1. The van der Waals surface area contributed by atoms with Gasteiger partial charge in [0.2, 0.25) is 0 Å². The zero-order chi connectivity index (χ0) is 16.2. The van der Waals surface area contributed by atoms with Crippen molar-refractivity contribution in [2.24, 2.45) is 0 Å². The summed E-state index contributed by atoms with van der Waals surface area (Å²) in [5.74, 6) is 0.722. The second-order valence-corrected chi connectivity index (χ2v) is 6.57. The third kappa shape index (κ3) is 3.60. The molecule has 1 amide bonds. The van der Waals surface area contributed by atoms with E-state index in [1.165, 1.54) is 11.8 Å². The average molecular weight is 342 g/mol. The van der Waals surface area contributed by atoms with E-state index in [1.807, 2.05) is 42.5 Å². The number of hydrogen-bond acceptors (Lipinski definition) is 5. The van der Waals surface area contributed by atoms with E-state index in [2.05, 4.69) is 4.98 Å². The summed E-state index contributed by atoms with van der Waals surface area (Å²) in [6.45, 7) is 0.465. The number of aromatic nitrogens is 1. The Morgan fingerprint density at radius 3 is 2.57 bits per heavy atom. The maximum absolute atomic E-state index is 12.6. The zero-order valence-corrected chi connectivity index (χ0v) is 14.1. The van der Waals surface area contributed by atoms with E-state index in [1.54, 1.807) is 24.4 Å². The minimum absolute atomic E-state index is 0.0624. The van der Waals surface area contributed by atoms with Crippen LogP contribution in [0.25, 0.3) is 6.08 Å². The van der Waals surface area contributed by atoms with Crippen LogP contribution in [0.3, 0.4) is 0 Å². The van der Waals surface area contributed by atoms with Gasteiger partial charge in [-0.05, 0) is 41.5 Å². The minimum Gasteiger partial charge on any atom is -0.497 e. The van der Waals surface area contributed by atoms with E-state index in [9.17, 15) is 4.79 Å². The van der Waals surface area contributed by atoms with Crippen LogP contribution in [-0.2, 0) is 11.3 Å². The monoisotopic (exact) mass is 342 g/mol. The van der Waals surface area contributed by atoms with Gasteiger partial charge >= 0.3 is 0 Å². The fraction of sp³-hybridized carbons (Fsp3) is 0.118. The van der Waals surface area contributed by atoms with Crippen molar-refractivity contribution in [2.45, 2.75) is 6.54 Å². The Balaban J connectivity index is 1.78. The molecule has 0 N–H and O–H groups in total. The molecule has 0 bridgehead atoms. The van der Waals surface area contributed by atoms with Gasteiger partial charge in [0.25, 0.3) is 5.91 Å². The Morgan fingerprint density at radius 1 is 1.22 bits per heavy atom. The zero-order valence-electron chi connectivity index (χ0n) is 12.4. The lowest BCUT2D eigenvalue weighted by molar-refractivity contribution is -0.122. The van der Waals surface area contributed by atoms with Crippen LogP contribution in [0.5, 0.6) is 5.75 Å². The van der Waals surface area contributed by atoms with Crippen molar-refractivity contribution in [1.82, 2.24) is 9.88 Å². The van der Waals surface area contributed by atoms with E-state index >= 15 is 0 Å². The summed E-state index contributed by atoms with van der Waals surface area (Å²) in [5.41, 5.74) is 1.94. The van der Waals surface area contributed by atoms with Gasteiger partial charge in [-0.1, -0.05) is 36.1 Å². The highest BCUT2D eigenvalue weighted by Gasteiger charge is 2.31. The fourth-order valence-electron chi connectivity index (χ4n) is 2.16. The lowest BCUT2D eigenvalue weighted by Crippen LogP contribution is -2.27. The molecule has 4 nitrogen and oxygen atoms in total. The third-order valence-corrected chi connectivity index (χ3v) is 4.75. The standard InChI is InChI=1S/C17H14N2O2S2/c1-21-14-4-2-12(3-5-14)10-15-16(20)19(17(22)23-15)11-13-6-8-18-9-7-13/h2-10H,11H2,1H3/b15-10-. The number of benzene rings is 1. The molecule has 0 aliphatic carbocycles. The molecule has 1 aliphatic rings. The molecule has 1 saturated heterocycles. The molecule has 6 heteroatoms. The van der Waals surface area contributed by atoms with Crippen LogP contribution >= 0.6 is 24.0 Å². The van der Waals surface area contributed by atoms with Crippen LogP contribution < -0.4 is 4.74 Å². The Bertz CT molecular complexity index is 758. The fourth-order valence-corrected chi connectivity index (χ4v) is 3.41. The maximum atomic E-state index is 12.6. The van der Waals surface area contributed by atoms with Gasteiger partial charge in [0.1, 0.15) is 10.1 Å². The van der Waals surface area contributed by atoms with Crippen molar-refractivity contribution in [3.05, 3.63) is 64.8 Å². The van der Waals surface area contributed by atoms with E-state index in [0.717, 1.165) is 16.9 Å². The molecule has 0 saturated carbocycles. The van der Waals surface area contributed by atoms with Gasteiger partial charge in [-0.15, -0.1) is 0 Å². The number of hydrogen-bond donors (Lipinski definition) is 0. The highest BCUT2D eigenvalue weighted by molar-refractivity contribution is 8.26. The first-order valence-corrected chi connectivity index (χ1v) is 8.18. The van der Waals surface area contributed by atoms with Gasteiger partial charge in [-0.3, -0.25) is 14.7 Å². The van der Waals surface area contributed by atoms with Crippen molar-refractivity contribution >= 4 is 40.3 Å². The molecule has 2 heterocycles. The van der Waals surface area contributed by atoms with Crippen molar-refractivity contribution in [3.63, 3.8) is 0 Å². The number of nitrogens with zero attached hydrogens (tertiary/aromatic N) is 2. The number of pyridine rings is 1. The maximum Gasteiger partial charge on any atom is 0.266 e. The first-order valence-electron chi connectivity index (χ1n) is 6.95. The molecule has 0 atom stereocenters. The van der Waals surface area contributed by atoms with Crippen LogP contribution in [0, 0.1) is 0 Å². The molecule has 1 aromatic carbocycles. The number of rotatable bonds is 4. The number of thiocarbonyl (C=S) groups is 1. The summed E-state index contributed by atoms with van der Waals surface area (Å²) < 4.78 is 5.71. The largest absolute Gasteiger partial charge is 0.497 e. The highest BCUT2D eigenvalue weighted by Crippen LogP contribution is 2.33. The molecule has 1 aliphatic heterocycles. The molecule has 23 heavy (non-hydrogen) atoms. The van der Waals surface area contributed by atoms with E-state index in [-0.39, 0.29) is 5.91 Å². The Kier molecular flexibility index (Phi) is 4.73. The Hall–Kier alpha value is -2.18. The number of carbonyl (C=O) groups is 1. The van der Waals surface area contributed by atoms with Crippen LogP contribution in [0.4, 0.5) is 0 Å². The topological polar surface area (TPSA) is 42.4 Å². The normalized spacial score (nSPS) is 16.2. The molecule has 0 unspecified atom stereocenters. The van der Waals surface area contributed by atoms with Crippen LogP contribution in [0.1, 0.15) is 11.1 Å². The molecule has 116 valence electrons. The third-order valence-electron chi connectivity index (χ3n) is 3.38. The first-order chi connectivity index (χ1) is 11.2. The smallest absolute Gasteiger partial charge is 0.266 e. The number of carbonyl (C=O) groups excluding carboxylic acids is 1. The summed E-state index contributed by atoms with van der Waals surface area (Å²) in [6.07, 6.45) is 5.27. The van der Waals surface area contributed by atoms with Gasteiger partial charge in [-0.25, -0.2) is 0 Å². The number of ether oxygens (including phenoxy) is 1.